The monoisotopic (exact) mass is 299 g/mol. The number of piperidine rings is 1. The predicted molar refractivity (Wildman–Crippen MR) is 86.5 cm³/mol. The summed E-state index contributed by atoms with van der Waals surface area (Å²) in [6.45, 7) is 10.0. The van der Waals surface area contributed by atoms with Gasteiger partial charge < -0.3 is 15.0 Å². The van der Waals surface area contributed by atoms with Crippen molar-refractivity contribution >= 4 is 5.97 Å². The zero-order chi connectivity index (χ0) is 15.9. The molecule has 1 N–H and O–H groups in total. The van der Waals surface area contributed by atoms with Gasteiger partial charge in [0.2, 0.25) is 0 Å². The van der Waals surface area contributed by atoms with E-state index < -0.39 is 5.54 Å². The summed E-state index contributed by atoms with van der Waals surface area (Å²) in [6, 6.07) is 0.580. The molecule has 0 aromatic heterocycles. The highest BCUT2D eigenvalue weighted by Crippen LogP contribution is 2.18. The minimum atomic E-state index is -0.611. The third-order valence-electron chi connectivity index (χ3n) is 4.24. The fraction of sp³-hybridized carbons (Fsp3) is 0.938. The number of ether oxygens (including phenoxy) is 1. The summed E-state index contributed by atoms with van der Waals surface area (Å²) in [5, 5.41) is 3.39. The number of likely N-dealkylation sites (tertiary alicyclic amines) is 1. The number of hydrogen-bond donors (Lipinski definition) is 1. The first-order valence-corrected chi connectivity index (χ1v) is 8.24. The van der Waals surface area contributed by atoms with Gasteiger partial charge in [-0.25, -0.2) is 0 Å². The standard InChI is InChI=1S/C16H33N3O2/c1-6-10-17-16(3,15(20)21-7-2)13-19-11-8-9-14(12-19)18(4)5/h14,17H,6-13H2,1-5H3. The summed E-state index contributed by atoms with van der Waals surface area (Å²) in [5.41, 5.74) is -0.611. The van der Waals surface area contributed by atoms with Crippen LogP contribution >= 0.6 is 0 Å². The zero-order valence-electron chi connectivity index (χ0n) is 14.4. The fourth-order valence-corrected chi connectivity index (χ4v) is 2.93. The molecule has 124 valence electrons. The number of carbonyl (C=O) groups excluding carboxylic acids is 1. The van der Waals surface area contributed by atoms with Crippen LogP contribution in [0.2, 0.25) is 0 Å². The normalized spacial score (nSPS) is 23.0. The zero-order valence-corrected chi connectivity index (χ0v) is 14.4. The Hall–Kier alpha value is -0.650. The molecule has 0 aromatic rings. The number of rotatable bonds is 8. The van der Waals surface area contributed by atoms with Crippen molar-refractivity contribution in [3.05, 3.63) is 0 Å². The highest BCUT2D eigenvalue weighted by Gasteiger charge is 2.37. The van der Waals surface area contributed by atoms with Crippen molar-refractivity contribution in [2.75, 3.05) is 46.9 Å². The maximum Gasteiger partial charge on any atom is 0.327 e. The Morgan fingerprint density at radius 1 is 1.43 bits per heavy atom. The molecule has 1 fully saturated rings. The molecule has 0 saturated carbocycles. The van der Waals surface area contributed by atoms with E-state index in [0.29, 0.717) is 12.6 Å². The first-order chi connectivity index (χ1) is 9.92. The van der Waals surface area contributed by atoms with E-state index in [9.17, 15) is 4.79 Å². The number of esters is 1. The quantitative estimate of drug-likeness (QED) is 0.685. The Morgan fingerprint density at radius 2 is 2.14 bits per heavy atom. The second-order valence-corrected chi connectivity index (χ2v) is 6.47. The number of nitrogens with zero attached hydrogens (tertiary/aromatic N) is 2. The summed E-state index contributed by atoms with van der Waals surface area (Å²) in [7, 11) is 4.27. The summed E-state index contributed by atoms with van der Waals surface area (Å²) in [4.78, 5) is 17.0. The van der Waals surface area contributed by atoms with Crippen LogP contribution in [0.15, 0.2) is 0 Å². The SMILES string of the molecule is CCCNC(C)(CN1CCCC(N(C)C)C1)C(=O)OCC. The maximum absolute atomic E-state index is 12.3. The second kappa shape index (κ2) is 8.71. The lowest BCUT2D eigenvalue weighted by atomic mass is 9.98. The fourth-order valence-electron chi connectivity index (χ4n) is 2.93. The van der Waals surface area contributed by atoms with E-state index in [2.05, 4.69) is 36.1 Å². The molecular formula is C16H33N3O2. The Balaban J connectivity index is 2.68. The Morgan fingerprint density at radius 3 is 2.71 bits per heavy atom. The van der Waals surface area contributed by atoms with E-state index in [4.69, 9.17) is 4.74 Å². The van der Waals surface area contributed by atoms with Gasteiger partial charge in [-0.3, -0.25) is 9.69 Å². The molecule has 0 spiro atoms. The van der Waals surface area contributed by atoms with Crippen LogP contribution in [0.1, 0.15) is 40.0 Å². The van der Waals surface area contributed by atoms with Crippen LogP contribution in [0.4, 0.5) is 0 Å². The molecule has 1 rings (SSSR count). The van der Waals surface area contributed by atoms with Crippen molar-refractivity contribution in [1.82, 2.24) is 15.1 Å². The molecule has 2 unspecified atom stereocenters. The lowest BCUT2D eigenvalue weighted by Crippen LogP contribution is -2.60. The summed E-state index contributed by atoms with van der Waals surface area (Å²) < 4.78 is 5.28. The van der Waals surface area contributed by atoms with Gasteiger partial charge in [0, 0.05) is 19.1 Å². The van der Waals surface area contributed by atoms with Gasteiger partial charge in [-0.05, 0) is 60.3 Å². The molecule has 21 heavy (non-hydrogen) atoms. The Kier molecular flexibility index (Phi) is 7.63. The van der Waals surface area contributed by atoms with Crippen molar-refractivity contribution in [3.63, 3.8) is 0 Å². The average Bonchev–Trinajstić information content (AvgIpc) is 2.45. The molecular weight excluding hydrogens is 266 g/mol. The van der Waals surface area contributed by atoms with Crippen molar-refractivity contribution in [3.8, 4) is 0 Å². The Labute approximate surface area is 130 Å². The molecule has 0 bridgehead atoms. The van der Waals surface area contributed by atoms with Gasteiger partial charge in [0.15, 0.2) is 0 Å². The van der Waals surface area contributed by atoms with Gasteiger partial charge in [-0.15, -0.1) is 0 Å². The van der Waals surface area contributed by atoms with Gasteiger partial charge in [0.1, 0.15) is 5.54 Å². The van der Waals surface area contributed by atoms with Crippen molar-refractivity contribution < 1.29 is 9.53 Å². The van der Waals surface area contributed by atoms with Crippen LogP contribution in [0.3, 0.4) is 0 Å². The molecule has 5 nitrogen and oxygen atoms in total. The van der Waals surface area contributed by atoms with E-state index in [1.54, 1.807) is 0 Å². The van der Waals surface area contributed by atoms with E-state index in [1.807, 2.05) is 13.8 Å². The van der Waals surface area contributed by atoms with Gasteiger partial charge in [-0.2, -0.15) is 0 Å². The van der Waals surface area contributed by atoms with Crippen LogP contribution in [0, 0.1) is 0 Å². The van der Waals surface area contributed by atoms with E-state index >= 15 is 0 Å². The summed E-state index contributed by atoms with van der Waals surface area (Å²) in [5.74, 6) is -0.134. The largest absolute Gasteiger partial charge is 0.465 e. The first-order valence-electron chi connectivity index (χ1n) is 8.24. The number of likely N-dealkylation sites (N-methyl/N-ethyl adjacent to an activating group) is 1. The van der Waals surface area contributed by atoms with Crippen LogP contribution in [-0.4, -0.2) is 74.2 Å². The molecule has 1 aliphatic rings. The number of nitrogens with one attached hydrogen (secondary N) is 1. The highest BCUT2D eigenvalue weighted by atomic mass is 16.5. The van der Waals surface area contributed by atoms with Gasteiger partial charge >= 0.3 is 5.97 Å². The highest BCUT2D eigenvalue weighted by molar-refractivity contribution is 5.80. The lowest BCUT2D eigenvalue weighted by molar-refractivity contribution is -0.151. The third kappa shape index (κ3) is 5.57. The predicted octanol–water partition coefficient (Wildman–Crippen LogP) is 1.33. The van der Waals surface area contributed by atoms with Crippen LogP contribution < -0.4 is 5.32 Å². The number of hydrogen-bond acceptors (Lipinski definition) is 5. The van der Waals surface area contributed by atoms with Crippen LogP contribution in [-0.2, 0) is 9.53 Å². The van der Waals surface area contributed by atoms with Gasteiger partial charge in [0.25, 0.3) is 0 Å². The molecule has 1 heterocycles. The van der Waals surface area contributed by atoms with E-state index in [0.717, 1.165) is 32.6 Å². The van der Waals surface area contributed by atoms with Gasteiger partial charge in [-0.1, -0.05) is 6.92 Å². The minimum absolute atomic E-state index is 0.134. The smallest absolute Gasteiger partial charge is 0.327 e. The molecule has 1 saturated heterocycles. The van der Waals surface area contributed by atoms with E-state index in [1.165, 1.54) is 12.8 Å². The van der Waals surface area contributed by atoms with E-state index in [-0.39, 0.29) is 5.97 Å². The Bertz CT molecular complexity index is 323. The molecule has 0 aliphatic carbocycles. The van der Waals surface area contributed by atoms with Gasteiger partial charge in [0.05, 0.1) is 6.61 Å². The summed E-state index contributed by atoms with van der Waals surface area (Å²) >= 11 is 0. The van der Waals surface area contributed by atoms with Crippen LogP contribution in [0.5, 0.6) is 0 Å². The molecule has 2 atom stereocenters. The molecule has 0 aromatic carbocycles. The van der Waals surface area contributed by atoms with Crippen molar-refractivity contribution in [2.24, 2.45) is 0 Å². The maximum atomic E-state index is 12.3. The van der Waals surface area contributed by atoms with Crippen molar-refractivity contribution in [2.45, 2.75) is 51.6 Å². The van der Waals surface area contributed by atoms with Crippen LogP contribution in [0.25, 0.3) is 0 Å². The number of carbonyl (C=O) groups is 1. The van der Waals surface area contributed by atoms with Crippen molar-refractivity contribution in [1.29, 1.82) is 0 Å². The second-order valence-electron chi connectivity index (χ2n) is 6.47. The molecule has 0 radical (unpaired) electrons. The third-order valence-corrected chi connectivity index (χ3v) is 4.24. The molecule has 0 amide bonds. The molecule has 5 heteroatoms. The lowest BCUT2D eigenvalue weighted by Gasteiger charge is -2.40. The first kappa shape index (κ1) is 18.4. The average molecular weight is 299 g/mol. The minimum Gasteiger partial charge on any atom is -0.465 e. The summed E-state index contributed by atoms with van der Waals surface area (Å²) in [6.07, 6.45) is 3.44. The topological polar surface area (TPSA) is 44.8 Å². The molecule has 1 aliphatic heterocycles.